The first kappa shape index (κ1) is 34.4. The second kappa shape index (κ2) is 14.3. The molecule has 9 nitrogen and oxygen atoms in total. The normalized spacial score (nSPS) is 34.7. The highest BCUT2D eigenvalue weighted by molar-refractivity contribution is 6.09. The van der Waals surface area contributed by atoms with Crippen molar-refractivity contribution in [1.82, 2.24) is 21.3 Å². The zero-order valence-corrected chi connectivity index (χ0v) is 29.1. The summed E-state index contributed by atoms with van der Waals surface area (Å²) in [6.45, 7) is 4.46. The van der Waals surface area contributed by atoms with Crippen LogP contribution in [0.4, 0.5) is 0 Å². The van der Waals surface area contributed by atoms with Crippen LogP contribution in [0.5, 0.6) is 0 Å². The van der Waals surface area contributed by atoms with Crippen LogP contribution < -0.4 is 21.3 Å². The maximum Gasteiger partial charge on any atom is 0.243 e. The van der Waals surface area contributed by atoms with Gasteiger partial charge in [-0.05, 0) is 42.4 Å². The van der Waals surface area contributed by atoms with Gasteiger partial charge < -0.3 is 26.0 Å². The Kier molecular flexibility index (Phi) is 9.66. The van der Waals surface area contributed by atoms with Crippen molar-refractivity contribution < 1.29 is 23.9 Å². The average Bonchev–Trinajstić information content (AvgIpc) is 3.75. The lowest BCUT2D eigenvalue weighted by atomic mass is 9.52. The molecule has 4 N–H and O–H groups in total. The maximum atomic E-state index is 15.2. The lowest BCUT2D eigenvalue weighted by Gasteiger charge is -2.46. The Morgan fingerprint density at radius 1 is 0.667 bits per heavy atom. The first-order valence-corrected chi connectivity index (χ1v) is 18.0. The number of rotatable bonds is 6. The van der Waals surface area contributed by atoms with Gasteiger partial charge in [0.15, 0.2) is 0 Å². The molecule has 51 heavy (non-hydrogen) atoms. The van der Waals surface area contributed by atoms with Crippen molar-refractivity contribution in [2.24, 2.45) is 23.2 Å². The zero-order valence-electron chi connectivity index (χ0n) is 29.1. The minimum Gasteiger partial charge on any atom is -0.365 e. The molecule has 1 aliphatic carbocycles. The Balaban J connectivity index is 1.30. The van der Waals surface area contributed by atoms with E-state index in [0.29, 0.717) is 19.4 Å². The zero-order chi connectivity index (χ0) is 35.6. The lowest BCUT2D eigenvalue weighted by Crippen LogP contribution is -2.64. The van der Waals surface area contributed by atoms with Crippen molar-refractivity contribution in [3.05, 3.63) is 132 Å². The van der Waals surface area contributed by atoms with Crippen LogP contribution in [-0.2, 0) is 43.2 Å². The first-order valence-electron chi connectivity index (χ1n) is 18.0. The number of nitrogens with one attached hydrogen (secondary N) is 4. The molecule has 264 valence electrons. The number of allylic oxidation sites excluding steroid dienone is 2. The van der Waals surface area contributed by atoms with E-state index in [-0.39, 0.29) is 42.7 Å². The number of ether oxygens (including phenoxy) is 1. The van der Waals surface area contributed by atoms with Gasteiger partial charge in [-0.1, -0.05) is 122 Å². The number of carbonyl (C=O) groups excluding carboxylic acids is 4. The largest absolute Gasteiger partial charge is 0.365 e. The maximum absolute atomic E-state index is 15.2. The van der Waals surface area contributed by atoms with Crippen molar-refractivity contribution in [2.45, 2.75) is 69.4 Å². The molecular weight excluding hydrogens is 640 g/mol. The monoisotopic (exact) mass is 686 g/mol. The van der Waals surface area contributed by atoms with Gasteiger partial charge in [-0.2, -0.15) is 0 Å². The molecule has 3 aromatic carbocycles. The summed E-state index contributed by atoms with van der Waals surface area (Å²) >= 11 is 0. The van der Waals surface area contributed by atoms with Crippen molar-refractivity contribution in [2.75, 3.05) is 6.54 Å². The first-order chi connectivity index (χ1) is 24.7. The topological polar surface area (TPSA) is 129 Å². The van der Waals surface area contributed by atoms with Crippen LogP contribution in [0.1, 0.15) is 37.0 Å². The quantitative estimate of drug-likeness (QED) is 0.178. The highest BCUT2D eigenvalue weighted by atomic mass is 16.6. The van der Waals surface area contributed by atoms with Gasteiger partial charge >= 0.3 is 0 Å². The van der Waals surface area contributed by atoms with E-state index >= 15 is 4.79 Å². The van der Waals surface area contributed by atoms with Crippen molar-refractivity contribution in [3.8, 4) is 0 Å². The summed E-state index contributed by atoms with van der Waals surface area (Å²) in [6.07, 6.45) is 8.96. The van der Waals surface area contributed by atoms with Crippen molar-refractivity contribution in [3.63, 3.8) is 0 Å². The van der Waals surface area contributed by atoms with Crippen LogP contribution in [0.15, 0.2) is 115 Å². The molecular formula is C42H46N4O5. The molecule has 3 aromatic rings. The van der Waals surface area contributed by atoms with E-state index in [4.69, 9.17) is 4.74 Å². The molecule has 1 spiro atoms. The summed E-state index contributed by atoms with van der Waals surface area (Å²) in [5.74, 6) is -2.79. The minimum absolute atomic E-state index is 0.142. The number of benzene rings is 3. The van der Waals surface area contributed by atoms with Gasteiger partial charge in [0.05, 0.1) is 11.7 Å². The van der Waals surface area contributed by atoms with Crippen LogP contribution >= 0.6 is 0 Å². The highest BCUT2D eigenvalue weighted by Gasteiger charge is 2.78. The number of amides is 4. The van der Waals surface area contributed by atoms with E-state index in [1.54, 1.807) is 0 Å². The molecule has 3 heterocycles. The molecule has 9 heteroatoms. The van der Waals surface area contributed by atoms with Crippen LogP contribution in [0.25, 0.3) is 0 Å². The third kappa shape index (κ3) is 6.63. The van der Waals surface area contributed by atoms with Gasteiger partial charge in [0.1, 0.15) is 17.5 Å². The Hall–Kier alpha value is -5.02. The predicted octanol–water partition coefficient (Wildman–Crippen LogP) is 3.84. The van der Waals surface area contributed by atoms with E-state index in [9.17, 15) is 14.4 Å². The van der Waals surface area contributed by atoms with Crippen molar-refractivity contribution >= 4 is 23.6 Å². The van der Waals surface area contributed by atoms with E-state index in [2.05, 4.69) is 35.1 Å². The van der Waals surface area contributed by atoms with Crippen LogP contribution in [-0.4, -0.2) is 60.0 Å². The number of hydrogen-bond donors (Lipinski definition) is 4. The van der Waals surface area contributed by atoms with Gasteiger partial charge in [0.25, 0.3) is 0 Å². The Labute approximate surface area is 299 Å². The Bertz CT molecular complexity index is 1810. The Morgan fingerprint density at radius 3 is 1.82 bits per heavy atom. The second-order valence-electron chi connectivity index (χ2n) is 14.5. The molecule has 0 bridgehead atoms. The molecule has 2 saturated heterocycles. The van der Waals surface area contributed by atoms with E-state index in [0.717, 1.165) is 16.7 Å². The summed E-state index contributed by atoms with van der Waals surface area (Å²) < 4.78 is 6.45. The van der Waals surface area contributed by atoms with Crippen LogP contribution in [0.2, 0.25) is 0 Å². The minimum atomic E-state index is -1.53. The number of epoxide rings is 1. The second-order valence-corrected chi connectivity index (χ2v) is 14.5. The smallest absolute Gasteiger partial charge is 0.243 e. The molecule has 2 unspecified atom stereocenters. The Morgan fingerprint density at radius 2 is 1.22 bits per heavy atom. The van der Waals surface area contributed by atoms with E-state index in [1.165, 1.54) is 0 Å². The van der Waals surface area contributed by atoms with Crippen molar-refractivity contribution in [1.29, 1.82) is 0 Å². The SMILES string of the molecule is C[C@H]1C2[C@H](Cc3ccccc3)NC(=O)[C@]23C(=O)N[C@H](Cc2ccccc2)C(=O)N[C@@H](Cc2ccccc2)C(=O)NC/C=C\C/C=C/C3[C@@H]2O[C@]12C. The summed E-state index contributed by atoms with van der Waals surface area (Å²) in [7, 11) is 0. The summed E-state index contributed by atoms with van der Waals surface area (Å²) in [6, 6.07) is 26.7. The van der Waals surface area contributed by atoms with Gasteiger partial charge in [-0.25, -0.2) is 0 Å². The number of carbonyl (C=O) groups is 4. The third-order valence-corrected chi connectivity index (χ3v) is 11.5. The third-order valence-electron chi connectivity index (χ3n) is 11.5. The number of hydrogen-bond acceptors (Lipinski definition) is 5. The molecule has 0 aromatic heterocycles. The molecule has 3 fully saturated rings. The molecule has 4 amide bonds. The molecule has 9 atom stereocenters. The fourth-order valence-electron chi connectivity index (χ4n) is 8.73. The fourth-order valence-corrected chi connectivity index (χ4v) is 8.73. The van der Waals surface area contributed by atoms with Crippen LogP contribution in [0, 0.1) is 23.2 Å². The number of fused-ring (bicyclic) bond motifs is 2. The standard InChI is InChI=1S/C42H46N4O5/c1-27-35-32(24-28-16-8-5-9-17-28)45-39(49)42(35)31(36-41(27,2)51-36)22-14-3-4-15-23-43-37(47)33(25-29-18-10-6-11-19-29)44-38(48)34(46-40(42)50)26-30-20-12-7-13-21-30/h4-22,27,31-36H,3,23-26H2,1-2H3,(H,43,47)(H,44,48)(H,45,49)(H,46,50)/b15-4-,22-14+/t27-,31?,32-,33-,34+,35?,36-,41+,42+/m0/s1. The summed E-state index contributed by atoms with van der Waals surface area (Å²) in [4.78, 5) is 57.8. The predicted molar refractivity (Wildman–Crippen MR) is 194 cm³/mol. The van der Waals surface area contributed by atoms with E-state index in [1.807, 2.05) is 115 Å². The molecule has 7 rings (SSSR count). The average molecular weight is 687 g/mol. The molecule has 0 radical (unpaired) electrons. The van der Waals surface area contributed by atoms with Gasteiger partial charge in [-0.15, -0.1) is 0 Å². The molecule has 4 aliphatic rings. The van der Waals surface area contributed by atoms with Crippen LogP contribution in [0.3, 0.4) is 0 Å². The van der Waals surface area contributed by atoms with Gasteiger partial charge in [-0.3, -0.25) is 19.2 Å². The summed E-state index contributed by atoms with van der Waals surface area (Å²) in [5, 5.41) is 12.3. The van der Waals surface area contributed by atoms with E-state index < -0.39 is 46.7 Å². The molecule has 1 saturated carbocycles. The molecule has 3 aliphatic heterocycles. The van der Waals surface area contributed by atoms with Gasteiger partial charge in [0.2, 0.25) is 23.6 Å². The highest BCUT2D eigenvalue weighted by Crippen LogP contribution is 2.65. The fraction of sp³-hybridized carbons (Fsp3) is 0.381. The van der Waals surface area contributed by atoms with Gasteiger partial charge in [0, 0.05) is 37.3 Å². The summed E-state index contributed by atoms with van der Waals surface area (Å²) in [5.41, 5.74) is 0.743. The lowest BCUT2D eigenvalue weighted by molar-refractivity contribution is -0.151.